The van der Waals surface area contributed by atoms with Crippen LogP contribution < -0.4 is 0 Å². The minimum Gasteiger partial charge on any atom is -0.461 e. The van der Waals surface area contributed by atoms with Gasteiger partial charge in [-0.2, -0.15) is 0 Å². The van der Waals surface area contributed by atoms with Gasteiger partial charge in [-0.3, -0.25) is 0 Å². The fourth-order valence-electron chi connectivity index (χ4n) is 2.29. The van der Waals surface area contributed by atoms with Crippen LogP contribution in [0.1, 0.15) is 36.2 Å². The van der Waals surface area contributed by atoms with Crippen LogP contribution in [0.4, 0.5) is 0 Å². The Bertz CT molecular complexity index is 605. The van der Waals surface area contributed by atoms with E-state index in [0.29, 0.717) is 17.5 Å². The highest BCUT2D eigenvalue weighted by atomic mass is 35.5. The van der Waals surface area contributed by atoms with Crippen molar-refractivity contribution in [1.82, 2.24) is 9.97 Å². The Kier molecular flexibility index (Phi) is 3.42. The Morgan fingerprint density at radius 1 is 1.47 bits per heavy atom. The van der Waals surface area contributed by atoms with Crippen LogP contribution in [-0.4, -0.2) is 22.5 Å². The molecule has 0 saturated heterocycles. The lowest BCUT2D eigenvalue weighted by Gasteiger charge is -2.24. The Hall–Kier alpha value is -1.55. The van der Waals surface area contributed by atoms with E-state index in [9.17, 15) is 4.79 Å². The molecule has 4 nitrogen and oxygen atoms in total. The summed E-state index contributed by atoms with van der Waals surface area (Å²) in [6.45, 7) is 0.498. The molecule has 0 radical (unpaired) electrons. The molecule has 1 N–H and O–H groups in total. The van der Waals surface area contributed by atoms with Crippen LogP contribution in [0.5, 0.6) is 0 Å². The first-order chi connectivity index (χ1) is 9.22. The van der Waals surface area contributed by atoms with Gasteiger partial charge in [0, 0.05) is 5.39 Å². The number of H-pyrrole nitrogens is 1. The lowest BCUT2D eigenvalue weighted by molar-refractivity contribution is 0.0458. The fraction of sp³-hybridized carbons (Fsp3) is 0.429. The highest BCUT2D eigenvalue weighted by Gasteiger charge is 2.18. The second-order valence-corrected chi connectivity index (χ2v) is 5.39. The number of hydrogen-bond donors (Lipinski definition) is 1. The number of ether oxygens (including phenoxy) is 1. The summed E-state index contributed by atoms with van der Waals surface area (Å²) < 4.78 is 5.27. The SMILES string of the molecule is O=C(OCCC1CCC1)c1cc2cc(Cl)ncc2[nH]1. The van der Waals surface area contributed by atoms with Crippen molar-refractivity contribution in [2.24, 2.45) is 5.92 Å². The Morgan fingerprint density at radius 3 is 3.05 bits per heavy atom. The molecule has 5 heteroatoms. The number of carbonyl (C=O) groups excluding carboxylic acids is 1. The first-order valence-electron chi connectivity index (χ1n) is 6.54. The van der Waals surface area contributed by atoms with E-state index in [1.165, 1.54) is 19.3 Å². The number of nitrogens with one attached hydrogen (secondary N) is 1. The van der Waals surface area contributed by atoms with Gasteiger partial charge in [-0.15, -0.1) is 0 Å². The third-order valence-electron chi connectivity index (χ3n) is 3.68. The lowest BCUT2D eigenvalue weighted by Crippen LogP contribution is -2.15. The number of esters is 1. The van der Waals surface area contributed by atoms with Gasteiger partial charge in [0.2, 0.25) is 0 Å². The third-order valence-corrected chi connectivity index (χ3v) is 3.88. The molecule has 100 valence electrons. The number of aromatic nitrogens is 2. The van der Waals surface area contributed by atoms with Crippen LogP contribution in [-0.2, 0) is 4.74 Å². The van der Waals surface area contributed by atoms with Gasteiger partial charge >= 0.3 is 5.97 Å². The molecule has 0 aromatic carbocycles. The van der Waals surface area contributed by atoms with Gasteiger partial charge in [-0.25, -0.2) is 9.78 Å². The normalized spacial score (nSPS) is 15.4. The second-order valence-electron chi connectivity index (χ2n) is 5.00. The number of hydrogen-bond acceptors (Lipinski definition) is 3. The number of pyridine rings is 1. The molecular weight excluding hydrogens is 264 g/mol. The van der Waals surface area contributed by atoms with Crippen LogP contribution >= 0.6 is 11.6 Å². The molecule has 2 aromatic rings. The van der Waals surface area contributed by atoms with Crippen molar-refractivity contribution in [2.75, 3.05) is 6.61 Å². The Labute approximate surface area is 116 Å². The zero-order valence-electron chi connectivity index (χ0n) is 10.5. The standard InChI is InChI=1S/C14H15ClN2O2/c15-13-7-10-6-11(17-12(10)8-16-13)14(18)19-5-4-9-2-1-3-9/h6-9,17H,1-5H2. The zero-order chi connectivity index (χ0) is 13.2. The average Bonchev–Trinajstić information content (AvgIpc) is 2.75. The maximum atomic E-state index is 11.9. The van der Waals surface area contributed by atoms with Gasteiger partial charge in [-0.05, 0) is 24.5 Å². The van der Waals surface area contributed by atoms with Gasteiger partial charge in [0.05, 0.1) is 18.3 Å². The van der Waals surface area contributed by atoms with Crippen LogP contribution in [0.3, 0.4) is 0 Å². The summed E-state index contributed by atoms with van der Waals surface area (Å²) in [4.78, 5) is 18.8. The maximum absolute atomic E-state index is 11.9. The van der Waals surface area contributed by atoms with Crippen LogP contribution in [0.25, 0.3) is 10.9 Å². The quantitative estimate of drug-likeness (QED) is 0.687. The summed E-state index contributed by atoms with van der Waals surface area (Å²) in [7, 11) is 0. The molecule has 1 fully saturated rings. The number of aromatic amines is 1. The molecule has 0 spiro atoms. The van der Waals surface area contributed by atoms with E-state index in [1.807, 2.05) is 0 Å². The topological polar surface area (TPSA) is 55.0 Å². The van der Waals surface area contributed by atoms with E-state index in [0.717, 1.165) is 23.2 Å². The number of fused-ring (bicyclic) bond motifs is 1. The maximum Gasteiger partial charge on any atom is 0.354 e. The minimum atomic E-state index is -0.313. The fourth-order valence-corrected chi connectivity index (χ4v) is 2.46. The number of carbonyl (C=O) groups is 1. The third kappa shape index (κ3) is 2.73. The largest absolute Gasteiger partial charge is 0.461 e. The average molecular weight is 279 g/mol. The molecule has 2 aromatic heterocycles. The molecule has 1 saturated carbocycles. The van der Waals surface area contributed by atoms with E-state index in [1.54, 1.807) is 18.3 Å². The van der Waals surface area contributed by atoms with E-state index >= 15 is 0 Å². The molecule has 3 rings (SSSR count). The summed E-state index contributed by atoms with van der Waals surface area (Å²) >= 11 is 5.81. The molecule has 0 aliphatic heterocycles. The molecule has 0 amide bonds. The highest BCUT2D eigenvalue weighted by molar-refractivity contribution is 6.30. The van der Waals surface area contributed by atoms with Gasteiger partial charge in [0.25, 0.3) is 0 Å². The molecule has 1 aliphatic carbocycles. The van der Waals surface area contributed by atoms with Crippen molar-refractivity contribution >= 4 is 28.5 Å². The van der Waals surface area contributed by atoms with Crippen molar-refractivity contribution in [2.45, 2.75) is 25.7 Å². The van der Waals surface area contributed by atoms with Crippen LogP contribution in [0, 0.1) is 5.92 Å². The van der Waals surface area contributed by atoms with E-state index in [2.05, 4.69) is 9.97 Å². The lowest BCUT2D eigenvalue weighted by atomic mass is 9.83. The number of rotatable bonds is 4. The summed E-state index contributed by atoms with van der Waals surface area (Å²) in [6, 6.07) is 3.47. The number of halogens is 1. The van der Waals surface area contributed by atoms with E-state index < -0.39 is 0 Å². The van der Waals surface area contributed by atoms with E-state index in [4.69, 9.17) is 16.3 Å². The summed E-state index contributed by atoms with van der Waals surface area (Å²) in [5.41, 5.74) is 1.24. The van der Waals surface area contributed by atoms with Crippen molar-refractivity contribution < 1.29 is 9.53 Å². The van der Waals surface area contributed by atoms with Crippen molar-refractivity contribution in [3.8, 4) is 0 Å². The van der Waals surface area contributed by atoms with Gasteiger partial charge in [-0.1, -0.05) is 30.9 Å². The monoisotopic (exact) mass is 278 g/mol. The minimum absolute atomic E-state index is 0.313. The number of nitrogens with zero attached hydrogens (tertiary/aromatic N) is 1. The smallest absolute Gasteiger partial charge is 0.354 e. The van der Waals surface area contributed by atoms with Gasteiger partial charge in [0.1, 0.15) is 10.8 Å². The molecule has 0 bridgehead atoms. The van der Waals surface area contributed by atoms with Crippen LogP contribution in [0.2, 0.25) is 5.15 Å². The summed E-state index contributed by atoms with van der Waals surface area (Å²) in [5, 5.41) is 1.28. The van der Waals surface area contributed by atoms with Crippen molar-refractivity contribution in [3.05, 3.63) is 29.2 Å². The molecule has 19 heavy (non-hydrogen) atoms. The molecule has 1 aliphatic rings. The van der Waals surface area contributed by atoms with Crippen molar-refractivity contribution in [1.29, 1.82) is 0 Å². The summed E-state index contributed by atoms with van der Waals surface area (Å²) in [6.07, 6.45) is 6.44. The first kappa shape index (κ1) is 12.5. The Morgan fingerprint density at radius 2 is 2.32 bits per heavy atom. The predicted molar refractivity (Wildman–Crippen MR) is 73.3 cm³/mol. The molecular formula is C14H15ClN2O2. The molecule has 0 unspecified atom stereocenters. The zero-order valence-corrected chi connectivity index (χ0v) is 11.2. The summed E-state index contributed by atoms with van der Waals surface area (Å²) in [5.74, 6) is 0.435. The molecule has 2 heterocycles. The first-order valence-corrected chi connectivity index (χ1v) is 6.91. The highest BCUT2D eigenvalue weighted by Crippen LogP contribution is 2.29. The van der Waals surface area contributed by atoms with Gasteiger partial charge in [0.15, 0.2) is 0 Å². The second kappa shape index (κ2) is 5.21. The van der Waals surface area contributed by atoms with Crippen LogP contribution in [0.15, 0.2) is 18.3 Å². The van der Waals surface area contributed by atoms with Gasteiger partial charge < -0.3 is 9.72 Å². The van der Waals surface area contributed by atoms with E-state index in [-0.39, 0.29) is 5.97 Å². The van der Waals surface area contributed by atoms with Crippen molar-refractivity contribution in [3.63, 3.8) is 0 Å². The predicted octanol–water partition coefficient (Wildman–Crippen LogP) is 3.56. The molecule has 0 atom stereocenters. The Balaban J connectivity index is 1.63.